The molecule has 0 aliphatic carbocycles. The van der Waals surface area contributed by atoms with E-state index in [1.54, 1.807) is 25.1 Å². The molecule has 18 heavy (non-hydrogen) atoms. The van der Waals surface area contributed by atoms with Gasteiger partial charge in [-0.1, -0.05) is 25.1 Å². The van der Waals surface area contributed by atoms with Gasteiger partial charge in [0.15, 0.2) is 0 Å². The van der Waals surface area contributed by atoms with Crippen molar-refractivity contribution in [2.75, 3.05) is 20.1 Å². The molecule has 0 spiro atoms. The maximum atomic E-state index is 13.4. The summed E-state index contributed by atoms with van der Waals surface area (Å²) in [5.41, 5.74) is 0.587. The molecule has 1 rings (SSSR count). The molecule has 0 aromatic heterocycles. The third kappa shape index (κ3) is 5.47. The van der Waals surface area contributed by atoms with E-state index in [9.17, 15) is 9.18 Å². The summed E-state index contributed by atoms with van der Waals surface area (Å²) in [6, 6.07) is 6.56. The first-order valence-corrected chi connectivity index (χ1v) is 5.81. The summed E-state index contributed by atoms with van der Waals surface area (Å²) >= 11 is 0. The molecule has 0 saturated heterocycles. The lowest BCUT2D eigenvalue weighted by Gasteiger charge is -2.12. The minimum absolute atomic E-state index is 0. The Kier molecular flexibility index (Phi) is 8.33. The SMILES string of the molecule is CNCCNC(=O)C(C)Cc1ccccc1F.Cl. The quantitative estimate of drug-likeness (QED) is 0.776. The van der Waals surface area contributed by atoms with E-state index < -0.39 is 0 Å². The highest BCUT2D eigenvalue weighted by Crippen LogP contribution is 2.12. The highest BCUT2D eigenvalue weighted by Gasteiger charge is 2.14. The van der Waals surface area contributed by atoms with Gasteiger partial charge in [0.2, 0.25) is 5.91 Å². The lowest BCUT2D eigenvalue weighted by Crippen LogP contribution is -2.34. The molecule has 2 N–H and O–H groups in total. The molecular formula is C13H20ClFN2O. The van der Waals surface area contributed by atoms with Crippen LogP contribution in [-0.2, 0) is 11.2 Å². The molecule has 0 radical (unpaired) electrons. The number of hydrogen-bond donors (Lipinski definition) is 2. The third-order valence-electron chi connectivity index (χ3n) is 2.61. The largest absolute Gasteiger partial charge is 0.355 e. The maximum Gasteiger partial charge on any atom is 0.223 e. The van der Waals surface area contributed by atoms with Gasteiger partial charge in [0.05, 0.1) is 0 Å². The van der Waals surface area contributed by atoms with Crippen molar-refractivity contribution in [3.05, 3.63) is 35.6 Å². The number of hydrogen-bond acceptors (Lipinski definition) is 2. The number of carbonyl (C=O) groups is 1. The monoisotopic (exact) mass is 274 g/mol. The van der Waals surface area contributed by atoms with Crippen LogP contribution in [0.1, 0.15) is 12.5 Å². The lowest BCUT2D eigenvalue weighted by molar-refractivity contribution is -0.124. The molecule has 0 aliphatic rings. The normalized spacial score (nSPS) is 11.5. The molecule has 0 bridgehead atoms. The van der Waals surface area contributed by atoms with E-state index in [0.29, 0.717) is 18.5 Å². The third-order valence-corrected chi connectivity index (χ3v) is 2.61. The van der Waals surface area contributed by atoms with Crippen LogP contribution < -0.4 is 10.6 Å². The minimum atomic E-state index is -0.248. The molecule has 1 unspecified atom stereocenters. The number of carbonyl (C=O) groups excluding carboxylic acids is 1. The molecule has 0 aliphatic heterocycles. The summed E-state index contributed by atoms with van der Waals surface area (Å²) in [7, 11) is 1.83. The zero-order valence-electron chi connectivity index (χ0n) is 10.7. The zero-order valence-corrected chi connectivity index (χ0v) is 11.5. The van der Waals surface area contributed by atoms with Gasteiger partial charge in [0.1, 0.15) is 5.82 Å². The molecule has 3 nitrogen and oxygen atoms in total. The van der Waals surface area contributed by atoms with Gasteiger partial charge < -0.3 is 10.6 Å². The van der Waals surface area contributed by atoms with Gasteiger partial charge in [-0.3, -0.25) is 4.79 Å². The number of amides is 1. The Hall–Kier alpha value is -1.13. The van der Waals surface area contributed by atoms with E-state index >= 15 is 0 Å². The average molecular weight is 275 g/mol. The molecular weight excluding hydrogens is 255 g/mol. The van der Waals surface area contributed by atoms with Crippen LogP contribution in [0.5, 0.6) is 0 Å². The molecule has 0 heterocycles. The van der Waals surface area contributed by atoms with Gasteiger partial charge in [-0.25, -0.2) is 4.39 Å². The molecule has 1 atom stereocenters. The number of likely N-dealkylation sites (N-methyl/N-ethyl adjacent to an activating group) is 1. The van der Waals surface area contributed by atoms with Crippen LogP contribution in [0.25, 0.3) is 0 Å². The molecule has 0 fully saturated rings. The van der Waals surface area contributed by atoms with E-state index in [-0.39, 0.29) is 30.0 Å². The van der Waals surface area contributed by atoms with E-state index in [1.165, 1.54) is 6.07 Å². The number of nitrogens with one attached hydrogen (secondary N) is 2. The highest BCUT2D eigenvalue weighted by atomic mass is 35.5. The Morgan fingerprint density at radius 3 is 2.61 bits per heavy atom. The van der Waals surface area contributed by atoms with Crippen LogP contribution in [0.15, 0.2) is 24.3 Å². The first-order chi connectivity index (χ1) is 8.15. The van der Waals surface area contributed by atoms with Gasteiger partial charge in [0.25, 0.3) is 0 Å². The predicted molar refractivity (Wildman–Crippen MR) is 73.5 cm³/mol. The van der Waals surface area contributed by atoms with Crippen molar-refractivity contribution in [2.45, 2.75) is 13.3 Å². The zero-order chi connectivity index (χ0) is 12.7. The topological polar surface area (TPSA) is 41.1 Å². The Balaban J connectivity index is 0.00000289. The second-order valence-corrected chi connectivity index (χ2v) is 4.09. The Labute approximate surface area is 114 Å². The second-order valence-electron chi connectivity index (χ2n) is 4.09. The van der Waals surface area contributed by atoms with Crippen molar-refractivity contribution in [1.29, 1.82) is 0 Å². The molecule has 1 aromatic carbocycles. The lowest BCUT2D eigenvalue weighted by atomic mass is 10.00. The summed E-state index contributed by atoms with van der Waals surface area (Å²) in [6.45, 7) is 3.14. The van der Waals surface area contributed by atoms with E-state index in [1.807, 2.05) is 7.05 Å². The summed E-state index contributed by atoms with van der Waals surface area (Å²) in [4.78, 5) is 11.7. The van der Waals surface area contributed by atoms with E-state index in [4.69, 9.17) is 0 Å². The summed E-state index contributed by atoms with van der Waals surface area (Å²) in [5, 5.41) is 5.75. The van der Waals surface area contributed by atoms with Gasteiger partial charge in [-0.15, -0.1) is 12.4 Å². The van der Waals surface area contributed by atoms with Crippen LogP contribution in [0.2, 0.25) is 0 Å². The Morgan fingerprint density at radius 1 is 1.33 bits per heavy atom. The molecule has 1 amide bonds. The average Bonchev–Trinajstić information content (AvgIpc) is 2.32. The first-order valence-electron chi connectivity index (χ1n) is 5.81. The fraction of sp³-hybridized carbons (Fsp3) is 0.462. The molecule has 1 aromatic rings. The van der Waals surface area contributed by atoms with Crippen LogP contribution in [-0.4, -0.2) is 26.0 Å². The van der Waals surface area contributed by atoms with Crippen molar-refractivity contribution in [3.8, 4) is 0 Å². The van der Waals surface area contributed by atoms with E-state index in [2.05, 4.69) is 10.6 Å². The fourth-order valence-corrected chi connectivity index (χ4v) is 1.57. The van der Waals surface area contributed by atoms with Crippen LogP contribution in [0, 0.1) is 11.7 Å². The Morgan fingerprint density at radius 2 is 2.00 bits per heavy atom. The fourth-order valence-electron chi connectivity index (χ4n) is 1.57. The van der Waals surface area contributed by atoms with Crippen LogP contribution >= 0.6 is 12.4 Å². The Bertz CT molecular complexity index is 374. The van der Waals surface area contributed by atoms with Crippen LogP contribution in [0.3, 0.4) is 0 Å². The van der Waals surface area contributed by atoms with Crippen molar-refractivity contribution in [2.24, 2.45) is 5.92 Å². The standard InChI is InChI=1S/C13H19FN2O.ClH/c1-10(13(17)16-8-7-15-2)9-11-5-3-4-6-12(11)14;/h3-6,10,15H,7-9H2,1-2H3,(H,16,17);1H. The maximum absolute atomic E-state index is 13.4. The predicted octanol–water partition coefficient (Wildman–Crippen LogP) is 1.76. The second kappa shape index (κ2) is 8.89. The van der Waals surface area contributed by atoms with Crippen molar-refractivity contribution in [1.82, 2.24) is 10.6 Å². The molecule has 0 saturated carbocycles. The van der Waals surface area contributed by atoms with Gasteiger partial charge in [-0.05, 0) is 25.1 Å². The van der Waals surface area contributed by atoms with Crippen molar-refractivity contribution in [3.63, 3.8) is 0 Å². The van der Waals surface area contributed by atoms with Crippen molar-refractivity contribution < 1.29 is 9.18 Å². The number of halogens is 2. The van der Waals surface area contributed by atoms with Gasteiger partial charge in [-0.2, -0.15) is 0 Å². The summed E-state index contributed by atoms with van der Waals surface area (Å²) < 4.78 is 13.4. The summed E-state index contributed by atoms with van der Waals surface area (Å²) in [5.74, 6) is -0.505. The molecule has 102 valence electrons. The van der Waals surface area contributed by atoms with E-state index in [0.717, 1.165) is 6.54 Å². The number of rotatable bonds is 6. The molecule has 5 heteroatoms. The smallest absolute Gasteiger partial charge is 0.223 e. The summed E-state index contributed by atoms with van der Waals surface area (Å²) in [6.07, 6.45) is 0.429. The highest BCUT2D eigenvalue weighted by molar-refractivity contribution is 5.85. The first kappa shape index (κ1) is 16.9. The number of benzene rings is 1. The minimum Gasteiger partial charge on any atom is -0.355 e. The van der Waals surface area contributed by atoms with Crippen LogP contribution in [0.4, 0.5) is 4.39 Å². The van der Waals surface area contributed by atoms with Gasteiger partial charge in [0, 0.05) is 19.0 Å². The van der Waals surface area contributed by atoms with Gasteiger partial charge >= 0.3 is 0 Å². The van der Waals surface area contributed by atoms with Crippen molar-refractivity contribution >= 4 is 18.3 Å².